The molecule has 1 aliphatic heterocycles. The standard InChI is InChI=1S/C17H22N4O4/c1-17(2,3)25-16(24)20-8-9-21(13(10-20)14(22)23)15-18-11-6-4-5-7-12(11)19-15/h4-7,13H,8-10H2,1-3H3,(H,18,19)(H,22,23)/t13-/m0/s1. The number of aromatic amines is 1. The van der Waals surface area contributed by atoms with Crippen molar-refractivity contribution in [2.24, 2.45) is 0 Å². The van der Waals surface area contributed by atoms with E-state index in [1.54, 1.807) is 25.7 Å². The number of aliphatic carboxylic acids is 1. The number of amides is 1. The first kappa shape index (κ1) is 17.1. The number of fused-ring (bicyclic) bond motifs is 1. The molecule has 3 rings (SSSR count). The number of anilines is 1. The van der Waals surface area contributed by atoms with E-state index in [0.29, 0.717) is 19.0 Å². The molecule has 1 aliphatic rings. The van der Waals surface area contributed by atoms with Crippen LogP contribution in [-0.4, -0.2) is 63.3 Å². The van der Waals surface area contributed by atoms with Gasteiger partial charge < -0.3 is 24.6 Å². The third kappa shape index (κ3) is 3.67. The number of para-hydroxylation sites is 2. The molecule has 0 bridgehead atoms. The minimum Gasteiger partial charge on any atom is -0.480 e. The summed E-state index contributed by atoms with van der Waals surface area (Å²) in [6.07, 6.45) is -0.497. The highest BCUT2D eigenvalue weighted by Crippen LogP contribution is 2.22. The molecule has 2 heterocycles. The van der Waals surface area contributed by atoms with Crippen molar-refractivity contribution >= 4 is 29.0 Å². The number of carboxylic acid groups (broad SMARTS) is 1. The number of H-pyrrole nitrogens is 1. The Morgan fingerprint density at radius 1 is 1.28 bits per heavy atom. The van der Waals surface area contributed by atoms with Crippen LogP contribution in [0.4, 0.5) is 10.7 Å². The normalized spacial score (nSPS) is 18.4. The Hall–Kier alpha value is -2.77. The van der Waals surface area contributed by atoms with E-state index in [4.69, 9.17) is 4.74 Å². The van der Waals surface area contributed by atoms with Crippen molar-refractivity contribution < 1.29 is 19.4 Å². The van der Waals surface area contributed by atoms with Gasteiger partial charge in [-0.2, -0.15) is 0 Å². The monoisotopic (exact) mass is 346 g/mol. The zero-order valence-corrected chi connectivity index (χ0v) is 14.5. The molecule has 1 saturated heterocycles. The lowest BCUT2D eigenvalue weighted by atomic mass is 10.1. The van der Waals surface area contributed by atoms with E-state index >= 15 is 0 Å². The summed E-state index contributed by atoms with van der Waals surface area (Å²) in [5.74, 6) is -0.508. The van der Waals surface area contributed by atoms with Crippen LogP contribution in [0.3, 0.4) is 0 Å². The third-order valence-corrected chi connectivity index (χ3v) is 3.97. The molecule has 134 valence electrons. The largest absolute Gasteiger partial charge is 0.480 e. The summed E-state index contributed by atoms with van der Waals surface area (Å²) in [6, 6.07) is 6.63. The number of ether oxygens (including phenoxy) is 1. The van der Waals surface area contributed by atoms with Crippen molar-refractivity contribution in [3.05, 3.63) is 24.3 Å². The molecule has 1 amide bonds. The number of aromatic nitrogens is 2. The van der Waals surface area contributed by atoms with Gasteiger partial charge in [0.2, 0.25) is 5.95 Å². The van der Waals surface area contributed by atoms with E-state index in [-0.39, 0.29) is 6.54 Å². The third-order valence-electron chi connectivity index (χ3n) is 3.97. The van der Waals surface area contributed by atoms with Gasteiger partial charge in [-0.15, -0.1) is 0 Å². The fraction of sp³-hybridized carbons (Fsp3) is 0.471. The highest BCUT2D eigenvalue weighted by atomic mass is 16.6. The maximum absolute atomic E-state index is 12.2. The van der Waals surface area contributed by atoms with Crippen LogP contribution in [0.1, 0.15) is 20.8 Å². The van der Waals surface area contributed by atoms with Crippen molar-refractivity contribution in [3.63, 3.8) is 0 Å². The second-order valence-electron chi connectivity index (χ2n) is 7.05. The molecule has 0 unspecified atom stereocenters. The summed E-state index contributed by atoms with van der Waals surface area (Å²) in [5, 5.41) is 9.61. The number of hydrogen-bond donors (Lipinski definition) is 2. The molecule has 0 radical (unpaired) electrons. The number of piperazine rings is 1. The second kappa shape index (κ2) is 6.27. The minimum absolute atomic E-state index is 0.0429. The van der Waals surface area contributed by atoms with E-state index in [2.05, 4.69) is 9.97 Å². The first-order valence-electron chi connectivity index (χ1n) is 8.17. The maximum Gasteiger partial charge on any atom is 0.410 e. The molecule has 2 N–H and O–H groups in total. The summed E-state index contributed by atoms with van der Waals surface area (Å²) in [4.78, 5) is 34.7. The quantitative estimate of drug-likeness (QED) is 0.864. The molecule has 0 saturated carbocycles. The maximum atomic E-state index is 12.2. The number of carboxylic acids is 1. The molecular formula is C17H22N4O4. The van der Waals surface area contributed by atoms with E-state index in [9.17, 15) is 14.7 Å². The lowest BCUT2D eigenvalue weighted by molar-refractivity contribution is -0.139. The van der Waals surface area contributed by atoms with Gasteiger partial charge >= 0.3 is 12.1 Å². The summed E-state index contributed by atoms with van der Waals surface area (Å²) >= 11 is 0. The Morgan fingerprint density at radius 2 is 2.00 bits per heavy atom. The number of hydrogen-bond acceptors (Lipinski definition) is 5. The highest BCUT2D eigenvalue weighted by Gasteiger charge is 2.37. The van der Waals surface area contributed by atoms with Crippen molar-refractivity contribution in [2.75, 3.05) is 24.5 Å². The van der Waals surface area contributed by atoms with E-state index in [1.165, 1.54) is 4.90 Å². The summed E-state index contributed by atoms with van der Waals surface area (Å²) < 4.78 is 5.35. The zero-order chi connectivity index (χ0) is 18.2. The van der Waals surface area contributed by atoms with Crippen molar-refractivity contribution in [2.45, 2.75) is 32.4 Å². The number of nitrogens with one attached hydrogen (secondary N) is 1. The molecule has 1 aromatic carbocycles. The molecule has 8 nitrogen and oxygen atoms in total. The molecule has 2 aromatic rings. The smallest absolute Gasteiger partial charge is 0.410 e. The molecule has 0 spiro atoms. The van der Waals surface area contributed by atoms with E-state index < -0.39 is 23.7 Å². The number of carbonyl (C=O) groups excluding carboxylic acids is 1. The molecule has 1 aromatic heterocycles. The Morgan fingerprint density at radius 3 is 2.64 bits per heavy atom. The van der Waals surface area contributed by atoms with Gasteiger partial charge in [0.1, 0.15) is 11.6 Å². The number of benzene rings is 1. The number of imidazole rings is 1. The molecule has 25 heavy (non-hydrogen) atoms. The highest BCUT2D eigenvalue weighted by molar-refractivity contribution is 5.82. The van der Waals surface area contributed by atoms with Crippen LogP contribution in [-0.2, 0) is 9.53 Å². The van der Waals surface area contributed by atoms with Crippen molar-refractivity contribution in [1.82, 2.24) is 14.9 Å². The van der Waals surface area contributed by atoms with Gasteiger partial charge in [-0.3, -0.25) is 0 Å². The first-order chi connectivity index (χ1) is 11.7. The lowest BCUT2D eigenvalue weighted by Gasteiger charge is -2.39. The van der Waals surface area contributed by atoms with Gasteiger partial charge in [0.25, 0.3) is 0 Å². The predicted molar refractivity (Wildman–Crippen MR) is 92.7 cm³/mol. The number of carbonyl (C=O) groups is 2. The molecule has 1 fully saturated rings. The average Bonchev–Trinajstić information content (AvgIpc) is 2.96. The zero-order valence-electron chi connectivity index (χ0n) is 14.5. The van der Waals surface area contributed by atoms with E-state index in [1.807, 2.05) is 24.3 Å². The second-order valence-corrected chi connectivity index (χ2v) is 7.05. The predicted octanol–water partition coefficient (Wildman–Crippen LogP) is 2.07. The average molecular weight is 346 g/mol. The molecular weight excluding hydrogens is 324 g/mol. The Labute approximate surface area is 145 Å². The fourth-order valence-electron chi connectivity index (χ4n) is 2.82. The summed E-state index contributed by atoms with van der Waals surface area (Å²) in [5.41, 5.74) is 0.999. The van der Waals surface area contributed by atoms with Gasteiger partial charge in [0.15, 0.2) is 0 Å². The van der Waals surface area contributed by atoms with Crippen molar-refractivity contribution in [1.29, 1.82) is 0 Å². The van der Waals surface area contributed by atoms with Gasteiger partial charge in [0.05, 0.1) is 17.6 Å². The first-order valence-corrected chi connectivity index (χ1v) is 8.17. The Bertz CT molecular complexity index is 762. The van der Waals surface area contributed by atoms with Gasteiger partial charge in [-0.05, 0) is 32.9 Å². The SMILES string of the molecule is CC(C)(C)OC(=O)N1CCN(c2nc3ccccc3[nH]2)[C@H](C(=O)O)C1. The molecule has 0 aliphatic carbocycles. The summed E-state index contributed by atoms with van der Waals surface area (Å²) in [6.45, 7) is 6.12. The lowest BCUT2D eigenvalue weighted by Crippen LogP contribution is -2.58. The fourth-order valence-corrected chi connectivity index (χ4v) is 2.82. The minimum atomic E-state index is -1.01. The van der Waals surface area contributed by atoms with Crippen LogP contribution in [0.2, 0.25) is 0 Å². The van der Waals surface area contributed by atoms with Crippen LogP contribution in [0.25, 0.3) is 11.0 Å². The van der Waals surface area contributed by atoms with Crippen LogP contribution in [0, 0.1) is 0 Å². The number of nitrogens with zero attached hydrogens (tertiary/aromatic N) is 3. The van der Waals surface area contributed by atoms with Crippen LogP contribution >= 0.6 is 0 Å². The Balaban J connectivity index is 1.80. The van der Waals surface area contributed by atoms with Crippen LogP contribution in [0.5, 0.6) is 0 Å². The molecule has 1 atom stereocenters. The van der Waals surface area contributed by atoms with Crippen LogP contribution < -0.4 is 4.90 Å². The van der Waals surface area contributed by atoms with Gasteiger partial charge in [-0.25, -0.2) is 14.6 Å². The van der Waals surface area contributed by atoms with Crippen LogP contribution in [0.15, 0.2) is 24.3 Å². The summed E-state index contributed by atoms with van der Waals surface area (Å²) in [7, 11) is 0. The van der Waals surface area contributed by atoms with Gasteiger partial charge in [0, 0.05) is 13.1 Å². The van der Waals surface area contributed by atoms with Crippen molar-refractivity contribution in [3.8, 4) is 0 Å². The Kier molecular flexibility index (Phi) is 4.28. The topological polar surface area (TPSA) is 98.8 Å². The number of rotatable bonds is 2. The van der Waals surface area contributed by atoms with Gasteiger partial charge in [-0.1, -0.05) is 12.1 Å². The van der Waals surface area contributed by atoms with E-state index in [0.717, 1.165) is 11.0 Å². The molecule has 8 heteroatoms.